The third-order valence-corrected chi connectivity index (χ3v) is 3.76. The van der Waals surface area contributed by atoms with Crippen LogP contribution < -0.4 is 10.1 Å². The van der Waals surface area contributed by atoms with Crippen molar-refractivity contribution in [1.29, 1.82) is 0 Å². The van der Waals surface area contributed by atoms with Crippen LogP contribution in [0, 0.1) is 6.92 Å². The molecule has 6 heteroatoms. The van der Waals surface area contributed by atoms with Gasteiger partial charge in [0.15, 0.2) is 0 Å². The Bertz CT molecular complexity index is 659. The van der Waals surface area contributed by atoms with Crippen LogP contribution in [-0.2, 0) is 6.54 Å². The number of carbonyl (C=O) groups is 1. The van der Waals surface area contributed by atoms with Gasteiger partial charge in [-0.05, 0) is 28.4 Å². The van der Waals surface area contributed by atoms with E-state index in [-0.39, 0.29) is 6.03 Å². The quantitative estimate of drug-likeness (QED) is 0.897. The van der Waals surface area contributed by atoms with Crippen LogP contribution in [0.3, 0.4) is 0 Å². The first-order valence-electron chi connectivity index (χ1n) is 6.77. The van der Waals surface area contributed by atoms with Gasteiger partial charge in [0, 0.05) is 25.9 Å². The average Bonchev–Trinajstić information content (AvgIpc) is 2.51. The van der Waals surface area contributed by atoms with Gasteiger partial charge in [-0.1, -0.05) is 29.8 Å². The van der Waals surface area contributed by atoms with Crippen LogP contribution in [0.2, 0.25) is 0 Å². The lowest BCUT2D eigenvalue weighted by atomic mass is 10.1. The van der Waals surface area contributed by atoms with E-state index < -0.39 is 0 Å². The minimum absolute atomic E-state index is 0.225. The summed E-state index contributed by atoms with van der Waals surface area (Å²) in [6.45, 7) is 2.56. The Labute approximate surface area is 138 Å². The zero-order valence-corrected chi connectivity index (χ0v) is 14.3. The third kappa shape index (κ3) is 4.21. The number of benzene rings is 1. The lowest BCUT2D eigenvalue weighted by Gasteiger charge is -2.18. The SMILES string of the molecule is COc1cc(NC(=O)N(C)Cc2ccc(C)cc2)ncc1Br. The summed E-state index contributed by atoms with van der Waals surface area (Å²) in [5, 5.41) is 2.75. The molecule has 0 saturated carbocycles. The zero-order chi connectivity index (χ0) is 16.1. The maximum absolute atomic E-state index is 12.2. The largest absolute Gasteiger partial charge is 0.495 e. The van der Waals surface area contributed by atoms with E-state index in [2.05, 4.69) is 26.2 Å². The number of pyridine rings is 1. The number of halogens is 1. The molecule has 0 unspecified atom stereocenters. The Morgan fingerprint density at radius 2 is 2.05 bits per heavy atom. The summed E-state index contributed by atoms with van der Waals surface area (Å²) in [6.07, 6.45) is 1.59. The van der Waals surface area contributed by atoms with Crippen LogP contribution in [0.1, 0.15) is 11.1 Å². The molecule has 0 aliphatic rings. The Kier molecular flexibility index (Phi) is 5.38. The number of carbonyl (C=O) groups excluding carboxylic acids is 1. The third-order valence-electron chi connectivity index (χ3n) is 3.16. The monoisotopic (exact) mass is 363 g/mol. The molecule has 0 aliphatic heterocycles. The number of urea groups is 1. The summed E-state index contributed by atoms with van der Waals surface area (Å²) >= 11 is 3.33. The molecule has 0 bridgehead atoms. The van der Waals surface area contributed by atoms with E-state index in [0.29, 0.717) is 18.1 Å². The molecule has 1 N–H and O–H groups in total. The number of hydrogen-bond donors (Lipinski definition) is 1. The number of anilines is 1. The molecule has 1 heterocycles. The summed E-state index contributed by atoms with van der Waals surface area (Å²) in [4.78, 5) is 17.9. The molecular formula is C16H18BrN3O2. The van der Waals surface area contributed by atoms with Crippen molar-refractivity contribution in [2.45, 2.75) is 13.5 Å². The maximum atomic E-state index is 12.2. The second-order valence-electron chi connectivity index (χ2n) is 4.98. The Hall–Kier alpha value is -2.08. The number of rotatable bonds is 4. The molecule has 0 spiro atoms. The fraction of sp³-hybridized carbons (Fsp3) is 0.250. The molecule has 0 radical (unpaired) electrons. The standard InChI is InChI=1S/C16H18BrN3O2/c1-11-4-6-12(7-5-11)10-20(2)16(21)19-15-8-14(22-3)13(17)9-18-15/h4-9H,10H2,1-3H3,(H,18,19,21). The zero-order valence-electron chi connectivity index (χ0n) is 12.8. The minimum atomic E-state index is -0.225. The normalized spacial score (nSPS) is 10.2. The molecule has 1 aromatic carbocycles. The Balaban J connectivity index is 2.00. The van der Waals surface area contributed by atoms with Crippen LogP contribution in [0.5, 0.6) is 5.75 Å². The number of amides is 2. The first-order valence-corrected chi connectivity index (χ1v) is 7.56. The van der Waals surface area contributed by atoms with Gasteiger partial charge in [0.1, 0.15) is 11.6 Å². The molecule has 0 aliphatic carbocycles. The summed E-state index contributed by atoms with van der Waals surface area (Å²) in [5.41, 5.74) is 2.27. The van der Waals surface area contributed by atoms with E-state index in [0.717, 1.165) is 10.0 Å². The van der Waals surface area contributed by atoms with Crippen molar-refractivity contribution in [3.05, 3.63) is 52.1 Å². The molecule has 0 saturated heterocycles. The first-order chi connectivity index (χ1) is 10.5. The van der Waals surface area contributed by atoms with Crippen LogP contribution in [0.25, 0.3) is 0 Å². The van der Waals surface area contributed by atoms with Gasteiger partial charge in [-0.3, -0.25) is 5.32 Å². The van der Waals surface area contributed by atoms with E-state index in [1.54, 1.807) is 31.3 Å². The summed E-state index contributed by atoms with van der Waals surface area (Å²) in [7, 11) is 3.31. The van der Waals surface area contributed by atoms with Crippen molar-refractivity contribution < 1.29 is 9.53 Å². The molecular weight excluding hydrogens is 346 g/mol. The van der Waals surface area contributed by atoms with E-state index in [1.807, 2.05) is 31.2 Å². The van der Waals surface area contributed by atoms with Crippen LogP contribution in [0.4, 0.5) is 10.6 Å². The fourth-order valence-electron chi connectivity index (χ4n) is 1.89. The molecule has 0 atom stereocenters. The number of nitrogens with one attached hydrogen (secondary N) is 1. The highest BCUT2D eigenvalue weighted by Crippen LogP contribution is 2.25. The van der Waals surface area contributed by atoms with Crippen molar-refractivity contribution in [3.63, 3.8) is 0 Å². The number of aromatic nitrogens is 1. The predicted octanol–water partition coefficient (Wildman–Crippen LogP) is 3.83. The van der Waals surface area contributed by atoms with Crippen molar-refractivity contribution >= 4 is 27.8 Å². The van der Waals surface area contributed by atoms with Gasteiger partial charge in [0.05, 0.1) is 11.6 Å². The van der Waals surface area contributed by atoms with Crippen molar-refractivity contribution in [2.24, 2.45) is 0 Å². The van der Waals surface area contributed by atoms with Gasteiger partial charge >= 0.3 is 6.03 Å². The molecule has 22 heavy (non-hydrogen) atoms. The van der Waals surface area contributed by atoms with E-state index in [1.165, 1.54) is 5.56 Å². The number of nitrogens with zero attached hydrogens (tertiary/aromatic N) is 2. The second-order valence-corrected chi connectivity index (χ2v) is 5.83. The molecule has 2 rings (SSSR count). The van der Waals surface area contributed by atoms with Gasteiger partial charge in [-0.15, -0.1) is 0 Å². The predicted molar refractivity (Wildman–Crippen MR) is 90.2 cm³/mol. The summed E-state index contributed by atoms with van der Waals surface area (Å²) < 4.78 is 5.92. The van der Waals surface area contributed by atoms with Crippen molar-refractivity contribution in [2.75, 3.05) is 19.5 Å². The fourth-order valence-corrected chi connectivity index (χ4v) is 2.27. The molecule has 116 valence electrons. The van der Waals surface area contributed by atoms with Gasteiger partial charge in [0.25, 0.3) is 0 Å². The molecule has 2 aromatic rings. The van der Waals surface area contributed by atoms with E-state index >= 15 is 0 Å². The van der Waals surface area contributed by atoms with E-state index in [9.17, 15) is 4.79 Å². The topological polar surface area (TPSA) is 54.5 Å². The van der Waals surface area contributed by atoms with Crippen LogP contribution in [-0.4, -0.2) is 30.1 Å². The van der Waals surface area contributed by atoms with Gasteiger partial charge in [-0.2, -0.15) is 0 Å². The molecule has 1 aromatic heterocycles. The summed E-state index contributed by atoms with van der Waals surface area (Å²) in [5.74, 6) is 1.06. The maximum Gasteiger partial charge on any atom is 0.323 e. The van der Waals surface area contributed by atoms with Crippen molar-refractivity contribution in [3.8, 4) is 5.75 Å². The first kappa shape index (κ1) is 16.3. The highest BCUT2D eigenvalue weighted by molar-refractivity contribution is 9.10. The second kappa shape index (κ2) is 7.26. The molecule has 0 fully saturated rings. The smallest absolute Gasteiger partial charge is 0.323 e. The average molecular weight is 364 g/mol. The van der Waals surface area contributed by atoms with Gasteiger partial charge in [0.2, 0.25) is 0 Å². The highest BCUT2D eigenvalue weighted by atomic mass is 79.9. The number of methoxy groups -OCH3 is 1. The van der Waals surface area contributed by atoms with Crippen LogP contribution in [0.15, 0.2) is 41.0 Å². The molecule has 5 nitrogen and oxygen atoms in total. The molecule has 2 amide bonds. The lowest BCUT2D eigenvalue weighted by Crippen LogP contribution is -2.31. The van der Waals surface area contributed by atoms with Crippen LogP contribution >= 0.6 is 15.9 Å². The lowest BCUT2D eigenvalue weighted by molar-refractivity contribution is 0.220. The van der Waals surface area contributed by atoms with E-state index in [4.69, 9.17) is 4.74 Å². The Morgan fingerprint density at radius 3 is 2.68 bits per heavy atom. The number of aryl methyl sites for hydroxylation is 1. The Morgan fingerprint density at radius 1 is 1.36 bits per heavy atom. The number of hydrogen-bond acceptors (Lipinski definition) is 3. The van der Waals surface area contributed by atoms with Crippen molar-refractivity contribution in [1.82, 2.24) is 9.88 Å². The minimum Gasteiger partial charge on any atom is -0.495 e. The summed E-state index contributed by atoms with van der Waals surface area (Å²) in [6, 6.07) is 9.53. The highest BCUT2D eigenvalue weighted by Gasteiger charge is 2.11. The van der Waals surface area contributed by atoms with Gasteiger partial charge < -0.3 is 9.64 Å². The van der Waals surface area contributed by atoms with Gasteiger partial charge in [-0.25, -0.2) is 9.78 Å². The number of ether oxygens (including phenoxy) is 1.